The number of hydrogen-bond acceptors (Lipinski definition) is 2. The highest BCUT2D eigenvalue weighted by atomic mass is 16.8. The number of hydrogen-bond donors (Lipinski definition) is 0. The van der Waals surface area contributed by atoms with E-state index >= 15 is 0 Å². The van der Waals surface area contributed by atoms with Gasteiger partial charge in [0, 0.05) is 14.1 Å². The Labute approximate surface area is 63.0 Å². The maximum absolute atomic E-state index is 5.32. The lowest BCUT2D eigenvalue weighted by Crippen LogP contribution is -2.80. The van der Waals surface area contributed by atoms with Crippen LogP contribution < -0.4 is 0 Å². The highest BCUT2D eigenvalue weighted by Gasteiger charge is 2.39. The fourth-order valence-electron chi connectivity index (χ4n) is 2.45. The third-order valence-electron chi connectivity index (χ3n) is 3.02. The Balaban J connectivity index is 2.42. The van der Waals surface area contributed by atoms with Crippen molar-refractivity contribution < 1.29 is 18.6 Å². The molecule has 0 bridgehead atoms. The van der Waals surface area contributed by atoms with Crippen LogP contribution in [0.3, 0.4) is 0 Å². The third-order valence-corrected chi connectivity index (χ3v) is 3.02. The minimum atomic E-state index is -0.153. The van der Waals surface area contributed by atoms with Crippen LogP contribution in [0.5, 0.6) is 0 Å². The van der Waals surface area contributed by atoms with Crippen molar-refractivity contribution in [3.63, 3.8) is 0 Å². The average molecular weight is 146 g/mol. The van der Waals surface area contributed by atoms with Gasteiger partial charge in [-0.25, -0.2) is 0 Å². The van der Waals surface area contributed by atoms with E-state index in [2.05, 4.69) is 14.1 Å². The number of rotatable bonds is 2. The lowest BCUT2D eigenvalue weighted by atomic mass is 9.73. The number of hydroxylamine groups is 2. The van der Waals surface area contributed by atoms with Crippen LogP contribution in [0, 0.1) is 0 Å². The van der Waals surface area contributed by atoms with Crippen molar-refractivity contribution in [2.24, 2.45) is 0 Å². The van der Waals surface area contributed by atoms with Gasteiger partial charge >= 0.3 is 15.1 Å². The molecule has 0 amide bonds. The molecule has 10 heavy (non-hydrogen) atoms. The summed E-state index contributed by atoms with van der Waals surface area (Å²) < 4.78 is 1.79. The van der Waals surface area contributed by atoms with Gasteiger partial charge in [-0.15, -0.1) is 0 Å². The summed E-state index contributed by atoms with van der Waals surface area (Å²) >= 11 is 0. The molecule has 0 aromatic rings. The van der Waals surface area contributed by atoms with Crippen molar-refractivity contribution in [3.05, 3.63) is 0 Å². The Morgan fingerprint density at radius 1 is 0.900 bits per heavy atom. The lowest BCUT2D eigenvalue weighted by molar-refractivity contribution is -1.10. The Bertz CT molecular complexity index is 123. The van der Waals surface area contributed by atoms with E-state index in [1.165, 1.54) is 0 Å². The maximum Gasteiger partial charge on any atom is 0.368 e. The second-order valence-electron chi connectivity index (χ2n) is 4.54. The van der Waals surface area contributed by atoms with E-state index < -0.39 is 0 Å². The van der Waals surface area contributed by atoms with Crippen molar-refractivity contribution >= 4 is 15.1 Å². The molecule has 0 N–H and O–H groups in total. The summed E-state index contributed by atoms with van der Waals surface area (Å²) in [5, 5.41) is 0. The van der Waals surface area contributed by atoms with Gasteiger partial charge in [0.25, 0.3) is 0 Å². The average Bonchev–Trinajstić information content (AvgIpc) is 1.85. The van der Waals surface area contributed by atoms with Gasteiger partial charge in [0.15, 0.2) is 0 Å². The summed E-state index contributed by atoms with van der Waals surface area (Å²) in [6, 6.07) is 0. The fraction of sp³-hybridized carbons (Fsp3) is 1.00. The van der Waals surface area contributed by atoms with Crippen molar-refractivity contribution in [1.82, 2.24) is 0 Å². The molecule has 60 valence electrons. The summed E-state index contributed by atoms with van der Waals surface area (Å²) in [5.41, 5.74) is 0. The minimum absolute atomic E-state index is 0.153. The highest BCUT2D eigenvalue weighted by Crippen LogP contribution is 2.19. The zero-order valence-corrected chi connectivity index (χ0v) is 7.71. The predicted octanol–water partition coefficient (Wildman–Crippen LogP) is -1.99. The van der Waals surface area contributed by atoms with Crippen molar-refractivity contribution in [1.29, 1.82) is 0 Å². The molecule has 1 saturated heterocycles. The van der Waals surface area contributed by atoms with Gasteiger partial charge in [-0.05, 0) is 0 Å². The first-order valence-corrected chi connectivity index (χ1v) is 3.86. The van der Waals surface area contributed by atoms with E-state index in [1.807, 2.05) is 0 Å². The van der Waals surface area contributed by atoms with Crippen LogP contribution in [0.4, 0.5) is 0 Å². The largest absolute Gasteiger partial charge is 0.463 e. The second kappa shape index (κ2) is 2.23. The first-order chi connectivity index (χ1) is 4.54. The molecule has 1 aliphatic rings. The van der Waals surface area contributed by atoms with Crippen LogP contribution in [-0.2, 0) is 9.68 Å². The predicted molar refractivity (Wildman–Crippen MR) is 43.5 cm³/mol. The summed E-state index contributed by atoms with van der Waals surface area (Å²) in [5.74, 6) is 0. The van der Waals surface area contributed by atoms with Gasteiger partial charge in [0.2, 0.25) is 0 Å². The fourth-order valence-corrected chi connectivity index (χ4v) is 2.45. The van der Waals surface area contributed by atoms with Crippen molar-refractivity contribution in [2.75, 3.05) is 28.3 Å². The zero-order chi connectivity index (χ0) is 7.83. The molecule has 0 saturated carbocycles. The van der Waals surface area contributed by atoms with Crippen LogP contribution in [0.15, 0.2) is 0 Å². The molecule has 0 radical (unpaired) electrons. The Morgan fingerprint density at radius 2 is 1.20 bits per heavy atom. The minimum Gasteiger partial charge on any atom is -0.463 e. The van der Waals surface area contributed by atoms with Crippen molar-refractivity contribution in [2.45, 2.75) is 0 Å². The summed E-state index contributed by atoms with van der Waals surface area (Å²) in [7, 11) is 7.57. The van der Waals surface area contributed by atoms with Crippen LogP contribution in [0.25, 0.3) is 0 Å². The Kier molecular flexibility index (Phi) is 1.80. The quantitative estimate of drug-likeness (QED) is 0.420. The highest BCUT2D eigenvalue weighted by molar-refractivity contribution is 6.45. The van der Waals surface area contributed by atoms with Gasteiger partial charge in [-0.2, -0.15) is 0 Å². The molecule has 4 nitrogen and oxygen atoms in total. The molecule has 1 rings (SSSR count). The molecule has 6 heteroatoms. The van der Waals surface area contributed by atoms with Gasteiger partial charge in [0.05, 0.1) is 14.2 Å². The molecular weight excluding hydrogens is 130 g/mol. The Hall–Kier alpha value is -0.0301. The molecule has 0 atom stereocenters. The molecule has 0 spiro atoms. The molecule has 0 unspecified atom stereocenters. The van der Waals surface area contributed by atoms with E-state index in [4.69, 9.17) is 9.68 Å². The van der Waals surface area contributed by atoms with Gasteiger partial charge in [0.1, 0.15) is 0 Å². The smallest absolute Gasteiger partial charge is 0.368 e. The van der Waals surface area contributed by atoms with Crippen molar-refractivity contribution in [3.8, 4) is 0 Å². The molecule has 1 heterocycles. The van der Waals surface area contributed by atoms with E-state index in [0.717, 1.165) is 8.94 Å². The van der Waals surface area contributed by atoms with Crippen LogP contribution in [-0.4, -0.2) is 52.4 Å². The number of nitrogens with zero attached hydrogens (tertiary/aromatic N) is 2. The van der Waals surface area contributed by atoms with E-state index in [0.29, 0.717) is 0 Å². The monoisotopic (exact) mass is 146 g/mol. The molecule has 0 aromatic heterocycles. The van der Waals surface area contributed by atoms with E-state index in [9.17, 15) is 0 Å². The summed E-state index contributed by atoms with van der Waals surface area (Å²) in [6.45, 7) is 0. The summed E-state index contributed by atoms with van der Waals surface area (Å²) in [6.07, 6.45) is 0. The molecule has 0 aromatic carbocycles. The lowest BCUT2D eigenvalue weighted by Gasteiger charge is -2.66. The SMILES string of the molecule is CO[N+]1(C)[BH2-][N+](C)(OC)[BH2-]1. The standard InChI is InChI=1S/C4H16B2N2O2/c1-7(9-3)5-8(2,6-7)10-4/h5-6H2,1-4H3. The zero-order valence-electron chi connectivity index (χ0n) is 7.71. The molecule has 1 aliphatic heterocycles. The Morgan fingerprint density at radius 3 is 1.40 bits per heavy atom. The van der Waals surface area contributed by atoms with Gasteiger partial charge in [-0.3, -0.25) is 9.68 Å². The third kappa shape index (κ3) is 1.20. The second-order valence-corrected chi connectivity index (χ2v) is 4.54. The van der Waals surface area contributed by atoms with Crippen LogP contribution in [0.2, 0.25) is 0 Å². The van der Waals surface area contributed by atoms with Gasteiger partial charge < -0.3 is 8.94 Å². The van der Waals surface area contributed by atoms with Crippen LogP contribution in [0.1, 0.15) is 0 Å². The first-order valence-electron chi connectivity index (χ1n) is 3.86. The molecule has 1 fully saturated rings. The van der Waals surface area contributed by atoms with E-state index in [1.54, 1.807) is 14.2 Å². The number of quaternary nitrogens is 2. The normalized spacial score (nSPS) is 46.8. The van der Waals surface area contributed by atoms with Crippen LogP contribution >= 0.6 is 0 Å². The first kappa shape index (κ1) is 8.07. The molecule has 0 aliphatic carbocycles. The maximum atomic E-state index is 5.32. The molecular formula is C4H16B2N2O2. The van der Waals surface area contributed by atoms with E-state index in [-0.39, 0.29) is 15.1 Å². The topological polar surface area (TPSA) is 18.5 Å². The summed E-state index contributed by atoms with van der Waals surface area (Å²) in [4.78, 5) is 10.6. The van der Waals surface area contributed by atoms with Gasteiger partial charge in [-0.1, -0.05) is 0 Å².